The largest absolute Gasteiger partial charge is 0.257 e. The van der Waals surface area contributed by atoms with Gasteiger partial charge in [-0.1, -0.05) is 117 Å². The zero-order chi connectivity index (χ0) is 21.9. The third-order valence-corrected chi connectivity index (χ3v) is 6.89. The number of aromatic amines is 1. The van der Waals surface area contributed by atoms with Crippen molar-refractivity contribution < 1.29 is 4.57 Å². The van der Waals surface area contributed by atoms with E-state index in [9.17, 15) is 0 Å². The summed E-state index contributed by atoms with van der Waals surface area (Å²) in [7, 11) is 0. The number of aromatic nitrogens is 2. The van der Waals surface area contributed by atoms with Crippen molar-refractivity contribution in [3.63, 3.8) is 0 Å². The fourth-order valence-electron chi connectivity index (χ4n) is 4.82. The maximum Gasteiger partial charge on any atom is 0.257 e. The molecule has 1 heterocycles. The Morgan fingerprint density at radius 1 is 0.633 bits per heavy atom. The van der Waals surface area contributed by atoms with Gasteiger partial charge in [0, 0.05) is 0 Å². The lowest BCUT2D eigenvalue weighted by molar-refractivity contribution is -0.727. The summed E-state index contributed by atoms with van der Waals surface area (Å²) in [6.45, 7) is 9.34. The highest BCUT2D eigenvalue weighted by molar-refractivity contribution is 4.90. The molecule has 0 radical (unpaired) electrons. The molecule has 2 nitrogen and oxygen atoms in total. The fraction of sp³-hybridized carbons (Fsp3) is 0.893. The molecule has 176 valence electrons. The number of imidazole rings is 1. The number of rotatable bonds is 21. The molecular formula is C28H55N2+. The highest BCUT2D eigenvalue weighted by atomic mass is 15.1. The zero-order valence-electron chi connectivity index (χ0n) is 21.2. The molecule has 0 amide bonds. The van der Waals surface area contributed by atoms with Gasteiger partial charge in [-0.3, -0.25) is 0 Å². The van der Waals surface area contributed by atoms with Crippen molar-refractivity contribution in [1.29, 1.82) is 0 Å². The third kappa shape index (κ3) is 12.2. The SMILES string of the molecule is CCCCCCCCCCCCCC(CCCC)c1[nH]cc[n+]1C(C)CCCCC. The van der Waals surface area contributed by atoms with Crippen LogP contribution in [0.4, 0.5) is 0 Å². The van der Waals surface area contributed by atoms with E-state index in [4.69, 9.17) is 0 Å². The van der Waals surface area contributed by atoms with Gasteiger partial charge in [-0.2, -0.15) is 0 Å². The lowest BCUT2D eigenvalue weighted by Crippen LogP contribution is -2.41. The second kappa shape index (κ2) is 18.9. The highest BCUT2D eigenvalue weighted by Crippen LogP contribution is 2.26. The topological polar surface area (TPSA) is 19.7 Å². The van der Waals surface area contributed by atoms with Crippen LogP contribution in [0.5, 0.6) is 0 Å². The normalized spacial score (nSPS) is 13.6. The average Bonchev–Trinajstić information content (AvgIpc) is 3.24. The first-order chi connectivity index (χ1) is 14.7. The summed E-state index contributed by atoms with van der Waals surface area (Å²) in [5.41, 5.74) is 0. The molecule has 2 atom stereocenters. The molecule has 0 saturated carbocycles. The predicted octanol–water partition coefficient (Wildman–Crippen LogP) is 9.42. The van der Waals surface area contributed by atoms with E-state index in [1.165, 1.54) is 128 Å². The van der Waals surface area contributed by atoms with Gasteiger partial charge in [0.15, 0.2) is 0 Å². The maximum absolute atomic E-state index is 3.64. The minimum absolute atomic E-state index is 0.624. The number of nitrogens with zero attached hydrogens (tertiary/aromatic N) is 1. The Morgan fingerprint density at radius 3 is 1.70 bits per heavy atom. The molecule has 0 aromatic carbocycles. The van der Waals surface area contributed by atoms with Crippen molar-refractivity contribution in [3.8, 4) is 0 Å². The van der Waals surface area contributed by atoms with Crippen LogP contribution in [-0.4, -0.2) is 4.98 Å². The van der Waals surface area contributed by atoms with Crippen molar-refractivity contribution in [2.24, 2.45) is 0 Å². The monoisotopic (exact) mass is 419 g/mol. The summed E-state index contributed by atoms with van der Waals surface area (Å²) < 4.78 is 2.56. The van der Waals surface area contributed by atoms with Crippen LogP contribution in [0.1, 0.15) is 167 Å². The quantitative estimate of drug-likeness (QED) is 0.151. The summed E-state index contributed by atoms with van der Waals surface area (Å²) in [6.07, 6.45) is 31.0. The molecule has 0 aliphatic carbocycles. The van der Waals surface area contributed by atoms with E-state index in [1.807, 2.05) is 0 Å². The molecule has 2 heteroatoms. The van der Waals surface area contributed by atoms with Crippen molar-refractivity contribution in [1.82, 2.24) is 4.98 Å². The third-order valence-electron chi connectivity index (χ3n) is 6.89. The molecule has 1 aromatic heterocycles. The summed E-state index contributed by atoms with van der Waals surface area (Å²) in [5, 5.41) is 0. The van der Waals surface area contributed by atoms with E-state index in [-0.39, 0.29) is 0 Å². The van der Waals surface area contributed by atoms with Crippen molar-refractivity contribution in [2.75, 3.05) is 0 Å². The van der Waals surface area contributed by atoms with Gasteiger partial charge in [-0.25, -0.2) is 9.55 Å². The molecule has 0 bridgehead atoms. The smallest absolute Gasteiger partial charge is 0.247 e. The van der Waals surface area contributed by atoms with E-state index >= 15 is 0 Å². The number of nitrogens with one attached hydrogen (secondary N) is 1. The molecule has 1 aromatic rings. The molecule has 2 unspecified atom stereocenters. The Bertz CT molecular complexity index is 479. The van der Waals surface area contributed by atoms with Crippen LogP contribution in [0.3, 0.4) is 0 Å². The van der Waals surface area contributed by atoms with Gasteiger partial charge < -0.3 is 0 Å². The van der Waals surface area contributed by atoms with E-state index in [0.29, 0.717) is 12.0 Å². The Kier molecular flexibility index (Phi) is 17.2. The van der Waals surface area contributed by atoms with Gasteiger partial charge >= 0.3 is 0 Å². The van der Waals surface area contributed by atoms with Gasteiger partial charge in [0.1, 0.15) is 12.4 Å². The molecule has 0 aliphatic heterocycles. The minimum Gasteiger partial charge on any atom is -0.247 e. The summed E-state index contributed by atoms with van der Waals surface area (Å²) in [4.78, 5) is 3.64. The number of unbranched alkanes of at least 4 members (excludes halogenated alkanes) is 13. The van der Waals surface area contributed by atoms with Crippen LogP contribution in [0.2, 0.25) is 0 Å². The molecule has 30 heavy (non-hydrogen) atoms. The number of hydrogen-bond acceptors (Lipinski definition) is 0. The van der Waals surface area contributed by atoms with E-state index < -0.39 is 0 Å². The van der Waals surface area contributed by atoms with Crippen LogP contribution in [0.25, 0.3) is 0 Å². The predicted molar refractivity (Wildman–Crippen MR) is 133 cm³/mol. The van der Waals surface area contributed by atoms with Gasteiger partial charge in [0.25, 0.3) is 5.82 Å². The Hall–Kier alpha value is -0.790. The molecule has 0 fully saturated rings. The van der Waals surface area contributed by atoms with Gasteiger partial charge in [0.05, 0.1) is 12.0 Å². The first kappa shape index (κ1) is 27.2. The second-order valence-corrected chi connectivity index (χ2v) is 9.76. The summed E-state index contributed by atoms with van der Waals surface area (Å²) in [6, 6.07) is 0.624. The van der Waals surface area contributed by atoms with E-state index in [1.54, 1.807) is 0 Å². The average molecular weight is 420 g/mol. The van der Waals surface area contributed by atoms with Crippen LogP contribution in [-0.2, 0) is 0 Å². The van der Waals surface area contributed by atoms with Gasteiger partial charge in [0.2, 0.25) is 0 Å². The molecule has 1 rings (SSSR count). The highest BCUT2D eigenvalue weighted by Gasteiger charge is 2.25. The fourth-order valence-corrected chi connectivity index (χ4v) is 4.82. The molecule has 0 spiro atoms. The molecule has 1 N–H and O–H groups in total. The van der Waals surface area contributed by atoms with Crippen LogP contribution in [0.15, 0.2) is 12.4 Å². The lowest BCUT2D eigenvalue weighted by atomic mass is 9.93. The second-order valence-electron chi connectivity index (χ2n) is 9.76. The molecule has 0 aliphatic rings. The van der Waals surface area contributed by atoms with Crippen molar-refractivity contribution in [3.05, 3.63) is 18.2 Å². The van der Waals surface area contributed by atoms with Crippen LogP contribution < -0.4 is 4.57 Å². The first-order valence-electron chi connectivity index (χ1n) is 13.8. The Labute approximate surface area is 189 Å². The van der Waals surface area contributed by atoms with Crippen LogP contribution >= 0.6 is 0 Å². The Morgan fingerprint density at radius 2 is 1.10 bits per heavy atom. The summed E-state index contributed by atoms with van der Waals surface area (Å²) >= 11 is 0. The van der Waals surface area contributed by atoms with Crippen molar-refractivity contribution >= 4 is 0 Å². The maximum atomic E-state index is 3.64. The summed E-state index contributed by atoms with van der Waals surface area (Å²) in [5.74, 6) is 2.21. The Balaban J connectivity index is 2.33. The minimum atomic E-state index is 0.624. The number of hydrogen-bond donors (Lipinski definition) is 1. The van der Waals surface area contributed by atoms with Crippen LogP contribution in [0, 0.1) is 0 Å². The zero-order valence-corrected chi connectivity index (χ0v) is 21.2. The van der Waals surface area contributed by atoms with Gasteiger partial charge in [-0.15, -0.1) is 0 Å². The van der Waals surface area contributed by atoms with E-state index in [2.05, 4.69) is 49.6 Å². The molecular weight excluding hydrogens is 364 g/mol. The lowest BCUT2D eigenvalue weighted by Gasteiger charge is -2.17. The van der Waals surface area contributed by atoms with Crippen molar-refractivity contribution in [2.45, 2.75) is 162 Å². The number of H-pyrrole nitrogens is 1. The first-order valence-corrected chi connectivity index (χ1v) is 13.8. The van der Waals surface area contributed by atoms with Gasteiger partial charge in [-0.05, 0) is 32.6 Å². The standard InChI is InChI=1S/C28H54N2/c1-5-8-11-12-13-14-15-16-17-18-20-23-27(22-10-7-3)28-29-24-25-30(28)26(4)21-19-9-6-2/h24-27H,5-23H2,1-4H3/p+1. The van der Waals surface area contributed by atoms with E-state index in [0.717, 1.165) is 0 Å². The molecule has 0 saturated heterocycles.